The highest BCUT2D eigenvalue weighted by molar-refractivity contribution is 7.74. The SMILES string of the molecule is O=P(O)(O)C(C[P+](O)(O)O)=NCCCCCO. The van der Waals surface area contributed by atoms with Crippen LogP contribution in [0.1, 0.15) is 19.3 Å². The van der Waals surface area contributed by atoms with E-state index in [1.165, 1.54) is 0 Å². The highest BCUT2D eigenvalue weighted by Gasteiger charge is 2.39. The fourth-order valence-electron chi connectivity index (χ4n) is 1.03. The number of hydrogen-bond acceptors (Lipinski definition) is 6. The van der Waals surface area contributed by atoms with Crippen LogP contribution < -0.4 is 0 Å². The molecule has 6 N–H and O–H groups in total. The molecule has 0 unspecified atom stereocenters. The first-order valence-corrected chi connectivity index (χ1v) is 8.38. The molecule has 0 rings (SSSR count). The molecule has 102 valence electrons. The van der Waals surface area contributed by atoms with Crippen molar-refractivity contribution in [2.24, 2.45) is 4.99 Å². The zero-order valence-corrected chi connectivity index (χ0v) is 11.0. The molecule has 0 aliphatic heterocycles. The van der Waals surface area contributed by atoms with Gasteiger partial charge in [-0.05, 0) is 19.3 Å². The topological polar surface area (TPSA) is 151 Å². The first kappa shape index (κ1) is 17.1. The summed E-state index contributed by atoms with van der Waals surface area (Å²) >= 11 is 0. The summed E-state index contributed by atoms with van der Waals surface area (Å²) in [5.41, 5.74) is -0.706. The van der Waals surface area contributed by atoms with Gasteiger partial charge in [0.05, 0.1) is 0 Å². The minimum atomic E-state index is -4.68. The molecule has 0 radical (unpaired) electrons. The fourth-order valence-corrected chi connectivity index (χ4v) is 3.10. The van der Waals surface area contributed by atoms with Crippen molar-refractivity contribution in [3.8, 4) is 0 Å². The first-order chi connectivity index (χ1) is 7.67. The van der Waals surface area contributed by atoms with Crippen LogP contribution in [0.3, 0.4) is 0 Å². The van der Waals surface area contributed by atoms with E-state index in [1.54, 1.807) is 0 Å². The second-order valence-corrected chi connectivity index (χ2v) is 6.78. The van der Waals surface area contributed by atoms with Gasteiger partial charge in [-0.25, -0.2) is 0 Å². The molecule has 17 heavy (non-hydrogen) atoms. The Hall–Kier alpha value is 0.0900. The van der Waals surface area contributed by atoms with Crippen molar-refractivity contribution in [2.75, 3.05) is 19.3 Å². The standard InChI is InChI=1S/C7H17NO7P2/c9-5-3-1-2-4-8-7(17(13,14)15)6-16(10,11)12/h9-12H,1-6H2,(H-,13,14,15)/p+1. The molecule has 0 bridgehead atoms. The summed E-state index contributed by atoms with van der Waals surface area (Å²) in [6.07, 6.45) is 0.804. The predicted octanol–water partition coefficient (Wildman–Crippen LogP) is -0.535. The van der Waals surface area contributed by atoms with Gasteiger partial charge in [-0.1, -0.05) is 0 Å². The molecule has 0 aromatic carbocycles. The van der Waals surface area contributed by atoms with Gasteiger partial charge in [-0.2, -0.15) is 14.7 Å². The van der Waals surface area contributed by atoms with Crippen molar-refractivity contribution in [3.63, 3.8) is 0 Å². The summed E-state index contributed by atoms with van der Waals surface area (Å²) in [7, 11) is -8.97. The van der Waals surface area contributed by atoms with Gasteiger partial charge in [-0.3, -0.25) is 9.56 Å². The molecule has 0 aliphatic carbocycles. The van der Waals surface area contributed by atoms with E-state index in [2.05, 4.69) is 4.99 Å². The first-order valence-electron chi connectivity index (χ1n) is 4.93. The molecule has 0 fully saturated rings. The van der Waals surface area contributed by atoms with Crippen molar-refractivity contribution < 1.29 is 34.1 Å². The monoisotopic (exact) mass is 290 g/mol. The lowest BCUT2D eigenvalue weighted by atomic mass is 10.2. The average molecular weight is 290 g/mol. The smallest absolute Gasteiger partial charge is 0.396 e. The average Bonchev–Trinajstić information content (AvgIpc) is 2.12. The summed E-state index contributed by atoms with van der Waals surface area (Å²) in [5.74, 6) is 0. The Morgan fingerprint density at radius 2 is 1.71 bits per heavy atom. The molecule has 0 aliphatic rings. The Balaban J connectivity index is 4.39. The van der Waals surface area contributed by atoms with Crippen LogP contribution in [0.2, 0.25) is 0 Å². The predicted molar refractivity (Wildman–Crippen MR) is 63.7 cm³/mol. The molecule has 0 saturated carbocycles. The number of aliphatic hydroxyl groups is 1. The second kappa shape index (κ2) is 7.51. The molecule has 0 amide bonds. The highest BCUT2D eigenvalue weighted by atomic mass is 31.2. The third-order valence-corrected chi connectivity index (χ3v) is 3.75. The number of aliphatic imine (C=N–C) groups is 1. The van der Waals surface area contributed by atoms with E-state index in [1.807, 2.05) is 0 Å². The number of rotatable bonds is 8. The van der Waals surface area contributed by atoms with Crippen LogP contribution in [-0.2, 0) is 4.57 Å². The lowest BCUT2D eigenvalue weighted by Crippen LogP contribution is -2.10. The molecule has 10 heteroatoms. The highest BCUT2D eigenvalue weighted by Crippen LogP contribution is 2.50. The summed E-state index contributed by atoms with van der Waals surface area (Å²) in [6, 6.07) is 0. The Kier molecular flexibility index (Phi) is 7.55. The Labute approximate surface area is 99.4 Å². The van der Waals surface area contributed by atoms with E-state index in [4.69, 9.17) is 29.6 Å². The van der Waals surface area contributed by atoms with Gasteiger partial charge >= 0.3 is 15.5 Å². The maximum Gasteiger partial charge on any atom is 0.410 e. The Morgan fingerprint density at radius 1 is 1.12 bits per heavy atom. The van der Waals surface area contributed by atoms with Crippen molar-refractivity contribution in [1.82, 2.24) is 0 Å². The molecule has 0 saturated heterocycles. The Morgan fingerprint density at radius 3 is 2.12 bits per heavy atom. The molecule has 0 spiro atoms. The number of nitrogens with zero attached hydrogens (tertiary/aromatic N) is 1. The van der Waals surface area contributed by atoms with Crippen LogP contribution in [0.5, 0.6) is 0 Å². The maximum absolute atomic E-state index is 10.9. The van der Waals surface area contributed by atoms with Crippen LogP contribution in [-0.4, -0.2) is 54.3 Å². The second-order valence-electron chi connectivity index (χ2n) is 3.48. The van der Waals surface area contributed by atoms with Crippen LogP contribution in [0, 0.1) is 0 Å². The van der Waals surface area contributed by atoms with Gasteiger partial charge in [0.15, 0.2) is 11.6 Å². The summed E-state index contributed by atoms with van der Waals surface area (Å²) < 4.78 is 10.9. The third kappa shape index (κ3) is 9.76. The fraction of sp³-hybridized carbons (Fsp3) is 0.857. The van der Waals surface area contributed by atoms with Gasteiger partial charge in [0.2, 0.25) is 0 Å². The molecule has 0 aromatic rings. The maximum atomic E-state index is 10.9. The van der Waals surface area contributed by atoms with Gasteiger partial charge in [0.1, 0.15) is 0 Å². The van der Waals surface area contributed by atoms with Gasteiger partial charge in [0, 0.05) is 13.2 Å². The number of aliphatic hydroxyl groups excluding tert-OH is 1. The zero-order valence-electron chi connectivity index (χ0n) is 9.18. The summed E-state index contributed by atoms with van der Waals surface area (Å²) in [5, 5.41) is 8.50. The summed E-state index contributed by atoms with van der Waals surface area (Å²) in [6.45, 7) is 0.133. The molecular formula is C7H18NO7P2+. The van der Waals surface area contributed by atoms with E-state index >= 15 is 0 Å². The summed E-state index contributed by atoms with van der Waals surface area (Å²) in [4.78, 5) is 47.6. The number of hydrogen-bond donors (Lipinski definition) is 6. The third-order valence-electron chi connectivity index (χ3n) is 1.80. The molecular weight excluding hydrogens is 272 g/mol. The quantitative estimate of drug-likeness (QED) is 0.199. The van der Waals surface area contributed by atoms with Crippen molar-refractivity contribution in [3.05, 3.63) is 0 Å². The minimum absolute atomic E-state index is 0.0353. The van der Waals surface area contributed by atoms with Crippen LogP contribution in [0.25, 0.3) is 0 Å². The molecule has 0 atom stereocenters. The lowest BCUT2D eigenvalue weighted by molar-refractivity contribution is 0.283. The molecule has 8 nitrogen and oxygen atoms in total. The van der Waals surface area contributed by atoms with E-state index in [0.717, 1.165) is 0 Å². The van der Waals surface area contributed by atoms with Gasteiger partial charge in [0.25, 0.3) is 0 Å². The Bertz CT molecular complexity index is 295. The van der Waals surface area contributed by atoms with Crippen LogP contribution in [0.4, 0.5) is 0 Å². The van der Waals surface area contributed by atoms with E-state index < -0.39 is 27.2 Å². The zero-order chi connectivity index (χ0) is 13.5. The van der Waals surface area contributed by atoms with E-state index in [9.17, 15) is 4.57 Å². The van der Waals surface area contributed by atoms with Gasteiger partial charge in [-0.15, -0.1) is 0 Å². The number of unbranched alkanes of at least 4 members (excludes halogenated alkanes) is 2. The van der Waals surface area contributed by atoms with Gasteiger partial charge < -0.3 is 14.9 Å². The largest absolute Gasteiger partial charge is 0.410 e. The minimum Gasteiger partial charge on any atom is -0.396 e. The van der Waals surface area contributed by atoms with Crippen LogP contribution in [0.15, 0.2) is 4.99 Å². The van der Waals surface area contributed by atoms with E-state index in [0.29, 0.717) is 19.3 Å². The molecule has 0 heterocycles. The van der Waals surface area contributed by atoms with Crippen molar-refractivity contribution in [1.29, 1.82) is 0 Å². The van der Waals surface area contributed by atoms with Crippen molar-refractivity contribution in [2.45, 2.75) is 19.3 Å². The van der Waals surface area contributed by atoms with Crippen molar-refractivity contribution >= 4 is 21.0 Å². The van der Waals surface area contributed by atoms with Crippen LogP contribution >= 0.6 is 15.5 Å². The lowest BCUT2D eigenvalue weighted by Gasteiger charge is -2.09. The molecule has 0 aromatic heterocycles. The van der Waals surface area contributed by atoms with E-state index in [-0.39, 0.29) is 13.2 Å². The normalized spacial score (nSPS) is 14.1.